The van der Waals surface area contributed by atoms with Crippen LogP contribution in [0.15, 0.2) is 29.2 Å². The number of ether oxygens (including phenoxy) is 9. The van der Waals surface area contributed by atoms with Gasteiger partial charge in [0.05, 0.1) is 90.8 Å². The third-order valence-electron chi connectivity index (χ3n) is 19.1. The summed E-state index contributed by atoms with van der Waals surface area (Å²) < 4.78 is 169. The molecular formula is C84H186KN3O31S2Si13. The summed E-state index contributed by atoms with van der Waals surface area (Å²) in [6.45, 7) is 84.8. The first-order valence-corrected chi connectivity index (χ1v) is 87.1. The minimum absolute atomic E-state index is 0. The second-order valence-electron chi connectivity index (χ2n) is 41.2. The molecule has 1 aromatic carbocycles. The Bertz CT molecular complexity index is 3770. The molecule has 2 atom stereocenters. The average Bonchev–Trinajstić information content (AvgIpc) is 0.777. The van der Waals surface area contributed by atoms with Gasteiger partial charge in [-0.25, -0.2) is 26.4 Å². The van der Waals surface area contributed by atoms with Gasteiger partial charge in [0.25, 0.3) is 0 Å². The van der Waals surface area contributed by atoms with Crippen LogP contribution >= 0.6 is 0 Å². The zero-order chi connectivity index (χ0) is 103. The van der Waals surface area contributed by atoms with Gasteiger partial charge in [0.2, 0.25) is 0 Å². The Morgan fingerprint density at radius 3 is 0.933 bits per heavy atom. The molecule has 34 nitrogen and oxygen atoms in total. The van der Waals surface area contributed by atoms with Crippen molar-refractivity contribution >= 4 is 172 Å². The SMILES string of the molecule is C.C.CCC(C)(C)C(=O)OCCC[Si](C)(C)O[Si](C)(C)O[Si](C)(C)O[Si](C)(C)O[Si](C)(C)O[Si](C)(C)O[Si](C)(C)O[Si](C)(C)O[Si](C)(C)O[Si](C)(C)O[Si](C)(C)C.CCC(C)(C)C(=O)OCCOCCOC.CCC(C)(C)C(=O)Oc1ccc(S(=O)(=O)[N-]S(C)(=O)=O)cc1.CCC(C)C(=O)OCCNC(=O)OCCC[Si](C)(C)O[Si](C)(C)CCCOC(=O)NCCOC(=O)C(C)CC.[K+]. The van der Waals surface area contributed by atoms with E-state index in [4.69, 9.17) is 87.9 Å². The minimum atomic E-state index is -4.30. The number of carbonyl (C=O) groups excluding carboxylic acids is 7. The van der Waals surface area contributed by atoms with Crippen LogP contribution in [0, 0.1) is 28.1 Å². The van der Waals surface area contributed by atoms with Crippen LogP contribution in [0.3, 0.4) is 0 Å². The normalized spacial score (nSPS) is 13.6. The molecule has 134 heavy (non-hydrogen) atoms. The molecule has 0 aliphatic carbocycles. The van der Waals surface area contributed by atoms with E-state index in [1.807, 2.05) is 62.3 Å². The van der Waals surface area contributed by atoms with Crippen molar-refractivity contribution in [3.63, 3.8) is 0 Å². The number of carbonyl (C=O) groups is 7. The molecule has 0 saturated heterocycles. The number of methoxy groups -OCH3 is 1. The van der Waals surface area contributed by atoms with Gasteiger partial charge in [-0.3, -0.25) is 24.0 Å². The molecule has 788 valence electrons. The predicted molar refractivity (Wildman–Crippen MR) is 561 cm³/mol. The first-order chi connectivity index (χ1) is 58.9. The molecule has 50 heteroatoms. The summed E-state index contributed by atoms with van der Waals surface area (Å²) >= 11 is 0. The summed E-state index contributed by atoms with van der Waals surface area (Å²) in [5, 5.41) is 5.16. The van der Waals surface area contributed by atoms with E-state index in [1.165, 1.54) is 12.1 Å². The van der Waals surface area contributed by atoms with Crippen LogP contribution in [-0.2, 0) is 127 Å². The maximum atomic E-state index is 12.4. The molecule has 2 N–H and O–H groups in total. The van der Waals surface area contributed by atoms with E-state index in [-0.39, 0.29) is 139 Å². The summed E-state index contributed by atoms with van der Waals surface area (Å²) in [5.74, 6) is -1.41. The van der Waals surface area contributed by atoms with E-state index < -0.39 is 165 Å². The summed E-state index contributed by atoms with van der Waals surface area (Å²) in [4.78, 5) is 82.3. The van der Waals surface area contributed by atoms with Crippen molar-refractivity contribution in [3.05, 3.63) is 28.4 Å². The Morgan fingerprint density at radius 1 is 0.366 bits per heavy atom. The number of nitrogens with one attached hydrogen (secondary N) is 2. The Hall–Kier alpha value is -1.09. The van der Waals surface area contributed by atoms with Gasteiger partial charge in [-0.1, -0.05) is 63.3 Å². The molecule has 0 aliphatic heterocycles. The molecule has 1 aromatic rings. The number of nitrogens with zero attached hydrogens (tertiary/aromatic N) is 1. The van der Waals surface area contributed by atoms with Crippen LogP contribution in [0.1, 0.15) is 156 Å². The number of sulfonamides is 2. The Morgan fingerprint density at radius 2 is 0.642 bits per heavy atom. The maximum Gasteiger partial charge on any atom is 1.00 e. The molecule has 0 heterocycles. The fraction of sp³-hybridized carbons (Fsp3) is 0.845. The number of amides is 2. The molecule has 0 spiro atoms. The van der Waals surface area contributed by atoms with Gasteiger partial charge in [-0.05, 0) is 312 Å². The average molecular weight is 2200 g/mol. The largest absolute Gasteiger partial charge is 1.00 e. The number of hydrogen-bond acceptors (Lipinski definition) is 31. The molecule has 0 aliphatic rings. The molecule has 0 fully saturated rings. The van der Waals surface area contributed by atoms with Crippen LogP contribution in [-0.4, -0.2) is 255 Å². The third-order valence-corrected chi connectivity index (χ3v) is 70.9. The minimum Gasteiger partial charge on any atom is -0.465 e. The summed E-state index contributed by atoms with van der Waals surface area (Å²) in [6, 6.07) is 7.38. The van der Waals surface area contributed by atoms with Gasteiger partial charge < -0.3 is 103 Å². The van der Waals surface area contributed by atoms with Crippen molar-refractivity contribution in [2.75, 3.05) is 85.9 Å². The van der Waals surface area contributed by atoms with Gasteiger partial charge in [-0.15, -0.1) is 0 Å². The third kappa shape index (κ3) is 71.4. The van der Waals surface area contributed by atoms with Crippen LogP contribution < -0.4 is 66.8 Å². The smallest absolute Gasteiger partial charge is 0.465 e. The molecule has 0 saturated carbocycles. The predicted octanol–water partition coefficient (Wildman–Crippen LogP) is 17.7. The van der Waals surface area contributed by atoms with Crippen molar-refractivity contribution in [2.45, 2.75) is 356 Å². The summed E-state index contributed by atoms with van der Waals surface area (Å²) in [7, 11) is -38.3. The Labute approximate surface area is 868 Å². The fourth-order valence-corrected chi connectivity index (χ4v) is 79.4. The molecule has 1 rings (SSSR count). The van der Waals surface area contributed by atoms with E-state index in [0.717, 1.165) is 49.5 Å². The maximum absolute atomic E-state index is 12.4. The monoisotopic (exact) mass is 2200 g/mol. The van der Waals surface area contributed by atoms with Crippen LogP contribution in [0.5, 0.6) is 5.75 Å². The van der Waals surface area contributed by atoms with Crippen molar-refractivity contribution in [1.29, 1.82) is 0 Å². The van der Waals surface area contributed by atoms with Crippen molar-refractivity contribution < 1.29 is 190 Å². The number of rotatable bonds is 60. The van der Waals surface area contributed by atoms with Gasteiger partial charge in [0.1, 0.15) is 35.6 Å². The fourth-order valence-electron chi connectivity index (χ4n) is 13.0. The Kier molecular flexibility index (Phi) is 67.9. The van der Waals surface area contributed by atoms with Gasteiger partial charge in [0, 0.05) is 18.3 Å². The van der Waals surface area contributed by atoms with E-state index in [0.29, 0.717) is 84.6 Å². The molecule has 2 unspecified atom stereocenters. The molecule has 2 amide bonds. The van der Waals surface area contributed by atoms with E-state index >= 15 is 0 Å². The van der Waals surface area contributed by atoms with Crippen molar-refractivity contribution in [1.82, 2.24) is 10.6 Å². The van der Waals surface area contributed by atoms with Crippen LogP contribution in [0.2, 0.25) is 195 Å². The first kappa shape index (κ1) is 144. The van der Waals surface area contributed by atoms with Gasteiger partial charge in [-0.2, -0.15) is 0 Å². The zero-order valence-corrected chi connectivity index (χ0v) is 107. The van der Waals surface area contributed by atoms with Crippen molar-refractivity contribution in [3.8, 4) is 5.75 Å². The summed E-state index contributed by atoms with van der Waals surface area (Å²) in [5.41, 5.74) is -1.51. The van der Waals surface area contributed by atoms with Crippen LogP contribution in [0.4, 0.5) is 9.59 Å². The quantitative estimate of drug-likeness (QED) is 0.0201. The standard InChI is InChI=1S/C32H86O12Si11.C26H52N2O9Si2.C13H18NO6S2.C11H22O4.2CH4.K/c1-27-32(2,3)31(33)34-29-28-30-46(7,8)36-48(11,12)38-50(15,16)40-52(19,20)42-54(23,24)44-55(25,26)43-53(21,22)41-51(17,18)39-49(13,14)37-47(9,10)35-45(4,5)6;1-9-21(3)23(29)33-17-13-27-25(31)35-15-11-19-38(5,6)37-39(7,8)20-12-16-36-26(32)28-14-18-34-24(30)22(4)10-2;1-5-13(2,3)12(15)20-10-6-8-11(9-7-10)22(18,19)14-21(4,16)17;1-5-11(2,3)10(12)15-9-8-14-7-6-13-4;;;/h27-30H2,1-26H3;21-22H,9-20H2,1-8H3,(H,27,31)(H,28,32);6-9H,5H2,1-4H3;5-9H2,1-4H3;2*1H4;/q;;-1;;;;+1. The van der Waals surface area contributed by atoms with Crippen LogP contribution in [0.25, 0.3) is 4.13 Å². The topological polar surface area (TPSA) is 411 Å². The van der Waals surface area contributed by atoms with E-state index in [2.05, 4.69) is 192 Å². The first-order valence-electron chi connectivity index (χ1n) is 45.7. The Balaban J connectivity index is -0.000000447. The number of benzene rings is 1. The molecule has 0 bridgehead atoms. The van der Waals surface area contributed by atoms with Gasteiger partial charge >= 0.3 is 170 Å². The summed E-state index contributed by atoms with van der Waals surface area (Å²) in [6.07, 6.45) is 5.35. The van der Waals surface area contributed by atoms with E-state index in [9.17, 15) is 50.4 Å². The van der Waals surface area contributed by atoms with Crippen molar-refractivity contribution in [2.24, 2.45) is 28.1 Å². The number of alkyl carbamates (subject to hydrolysis) is 2. The number of esters is 5. The zero-order valence-electron chi connectivity index (χ0n) is 89.4. The number of hydrogen-bond donors (Lipinski definition) is 2. The molecule has 0 aromatic heterocycles. The van der Waals surface area contributed by atoms with Gasteiger partial charge in [0.15, 0.2) is 33.3 Å². The molecule has 0 radical (unpaired) electrons. The molecular weight excluding hydrogens is 2020 g/mol. The second-order valence-corrected chi connectivity index (χ2v) is 95.2. The second kappa shape index (κ2) is 63.3. The van der Waals surface area contributed by atoms with E-state index in [1.54, 1.807) is 34.8 Å².